The van der Waals surface area contributed by atoms with Crippen LogP contribution in [0.2, 0.25) is 0 Å². The Morgan fingerprint density at radius 2 is 1.89 bits per heavy atom. The molecule has 5 aromatic rings. The molecule has 0 spiro atoms. The van der Waals surface area contributed by atoms with Crippen LogP contribution in [0, 0.1) is 5.82 Å². The van der Waals surface area contributed by atoms with E-state index in [4.69, 9.17) is 4.74 Å². The highest BCUT2D eigenvalue weighted by molar-refractivity contribution is 6.13. The second kappa shape index (κ2) is 10.0. The van der Waals surface area contributed by atoms with Crippen LogP contribution in [-0.4, -0.2) is 70.1 Å². The summed E-state index contributed by atoms with van der Waals surface area (Å²) in [6, 6.07) is 12.7. The number of H-pyrrole nitrogens is 1. The van der Waals surface area contributed by atoms with E-state index in [0.29, 0.717) is 34.3 Å². The zero-order valence-corrected chi connectivity index (χ0v) is 20.1. The molecule has 0 atom stereocenters. The molecule has 0 aliphatic carbocycles. The number of hydrogen-bond donors (Lipinski definition) is 2. The van der Waals surface area contributed by atoms with Crippen LogP contribution in [0.4, 0.5) is 4.39 Å². The van der Waals surface area contributed by atoms with Crippen molar-refractivity contribution in [2.45, 2.75) is 0 Å². The lowest BCUT2D eigenvalue weighted by Crippen LogP contribution is -2.41. The van der Waals surface area contributed by atoms with Crippen molar-refractivity contribution in [3.05, 3.63) is 78.6 Å². The number of ether oxygens (including phenoxy) is 1. The predicted octanol–water partition coefficient (Wildman–Crippen LogP) is 4.04. The van der Waals surface area contributed by atoms with Crippen LogP contribution in [0.3, 0.4) is 0 Å². The van der Waals surface area contributed by atoms with Crippen LogP contribution in [0.25, 0.3) is 44.3 Å². The van der Waals surface area contributed by atoms with Crippen LogP contribution < -0.4 is 5.32 Å². The minimum Gasteiger partial charge on any atom is -0.379 e. The lowest BCUT2D eigenvalue weighted by molar-refractivity contribution is 0.0383. The molecule has 4 aromatic heterocycles. The first-order chi connectivity index (χ1) is 18.2. The molecule has 1 aromatic carbocycles. The van der Waals surface area contributed by atoms with Crippen LogP contribution in [0.15, 0.2) is 67.3 Å². The van der Waals surface area contributed by atoms with Gasteiger partial charge in [0.05, 0.1) is 36.8 Å². The highest BCUT2D eigenvalue weighted by atomic mass is 19.1. The second-order valence-corrected chi connectivity index (χ2v) is 8.97. The highest BCUT2D eigenvalue weighted by Gasteiger charge is 2.18. The molecule has 1 aliphatic heterocycles. The normalized spacial score (nSPS) is 14.3. The van der Waals surface area contributed by atoms with Crippen molar-refractivity contribution < 1.29 is 13.9 Å². The summed E-state index contributed by atoms with van der Waals surface area (Å²) in [7, 11) is 0. The summed E-state index contributed by atoms with van der Waals surface area (Å²) in [5.41, 5.74) is 4.56. The number of pyridine rings is 3. The molecule has 0 unspecified atom stereocenters. The number of benzene rings is 1. The average Bonchev–Trinajstić information content (AvgIpc) is 3.32. The monoisotopic (exact) mass is 496 g/mol. The summed E-state index contributed by atoms with van der Waals surface area (Å²) in [5, 5.41) is 4.45. The first-order valence-corrected chi connectivity index (χ1v) is 12.2. The Labute approximate surface area is 212 Å². The third kappa shape index (κ3) is 4.66. The van der Waals surface area contributed by atoms with Gasteiger partial charge in [-0.05, 0) is 35.9 Å². The van der Waals surface area contributed by atoms with Gasteiger partial charge in [0, 0.05) is 66.0 Å². The standard InChI is InChI=1S/C28H25FN6O2/c29-22-16-33-27-26(21-14-23(32-17-24(21)34-27)20-2-1-7-30-15-20)25(22)18-3-5-19(6-4-18)28(36)31-8-9-35-10-12-37-13-11-35/h1-7,14-17H,8-13H2,(H,31,36)(H,33,34). The number of amides is 1. The Morgan fingerprint density at radius 1 is 1.05 bits per heavy atom. The summed E-state index contributed by atoms with van der Waals surface area (Å²) in [4.78, 5) is 31.2. The zero-order chi connectivity index (χ0) is 25.2. The Kier molecular flexibility index (Phi) is 6.30. The Morgan fingerprint density at radius 3 is 2.68 bits per heavy atom. The molecule has 6 rings (SSSR count). The molecule has 0 bridgehead atoms. The lowest BCUT2D eigenvalue weighted by Gasteiger charge is -2.26. The van der Waals surface area contributed by atoms with E-state index in [0.717, 1.165) is 55.0 Å². The fraction of sp³-hybridized carbons (Fsp3) is 0.214. The molecular formula is C28H25FN6O2. The fourth-order valence-electron chi connectivity index (χ4n) is 4.73. The highest BCUT2D eigenvalue weighted by Crippen LogP contribution is 2.36. The smallest absolute Gasteiger partial charge is 0.251 e. The molecular weight excluding hydrogens is 471 g/mol. The number of hydrogen-bond acceptors (Lipinski definition) is 6. The number of morpholine rings is 1. The number of aromatic amines is 1. The molecule has 9 heteroatoms. The third-order valence-corrected chi connectivity index (χ3v) is 6.67. The van der Waals surface area contributed by atoms with Gasteiger partial charge in [-0.3, -0.25) is 19.7 Å². The SMILES string of the molecule is O=C(NCCN1CCOCC1)c1ccc(-c2c(F)cnc3[nH]c4cnc(-c5cccnc5)cc4c23)cc1. The minimum absolute atomic E-state index is 0.153. The van der Waals surface area contributed by atoms with E-state index in [1.165, 1.54) is 6.20 Å². The maximum atomic E-state index is 15.2. The Bertz CT molecular complexity index is 1560. The summed E-state index contributed by atoms with van der Waals surface area (Å²) >= 11 is 0. The maximum Gasteiger partial charge on any atom is 0.251 e. The van der Waals surface area contributed by atoms with Gasteiger partial charge >= 0.3 is 0 Å². The zero-order valence-electron chi connectivity index (χ0n) is 20.1. The summed E-state index contributed by atoms with van der Waals surface area (Å²) in [6.45, 7) is 4.55. The first-order valence-electron chi connectivity index (χ1n) is 12.2. The van der Waals surface area contributed by atoms with E-state index in [9.17, 15) is 4.79 Å². The van der Waals surface area contributed by atoms with Crippen LogP contribution in [-0.2, 0) is 4.74 Å². The molecule has 1 fully saturated rings. The summed E-state index contributed by atoms with van der Waals surface area (Å²) in [6.07, 6.45) is 6.40. The van der Waals surface area contributed by atoms with Gasteiger partial charge in [-0.2, -0.15) is 0 Å². The molecule has 1 saturated heterocycles. The molecule has 186 valence electrons. The number of carbonyl (C=O) groups excluding carboxylic acids is 1. The Balaban J connectivity index is 1.29. The predicted molar refractivity (Wildman–Crippen MR) is 140 cm³/mol. The van der Waals surface area contributed by atoms with Gasteiger partial charge in [0.1, 0.15) is 11.5 Å². The number of carbonyl (C=O) groups is 1. The molecule has 0 saturated carbocycles. The van der Waals surface area contributed by atoms with Crippen LogP contribution in [0.5, 0.6) is 0 Å². The number of rotatable bonds is 6. The van der Waals surface area contributed by atoms with E-state index in [1.54, 1.807) is 42.9 Å². The lowest BCUT2D eigenvalue weighted by atomic mass is 9.99. The molecule has 5 heterocycles. The van der Waals surface area contributed by atoms with Gasteiger partial charge in [-0.15, -0.1) is 0 Å². The molecule has 8 nitrogen and oxygen atoms in total. The quantitative estimate of drug-likeness (QED) is 0.368. The van der Waals surface area contributed by atoms with Gasteiger partial charge in [0.15, 0.2) is 0 Å². The van der Waals surface area contributed by atoms with E-state index in [-0.39, 0.29) is 5.91 Å². The third-order valence-electron chi connectivity index (χ3n) is 6.67. The van der Waals surface area contributed by atoms with Crippen LogP contribution in [0.1, 0.15) is 10.4 Å². The molecule has 0 radical (unpaired) electrons. The van der Waals surface area contributed by atoms with Gasteiger partial charge in [-0.1, -0.05) is 12.1 Å². The van der Waals surface area contributed by atoms with E-state index >= 15 is 4.39 Å². The number of nitrogens with one attached hydrogen (secondary N) is 2. The van der Waals surface area contributed by atoms with Gasteiger partial charge in [0.25, 0.3) is 5.91 Å². The molecule has 2 N–H and O–H groups in total. The van der Waals surface area contributed by atoms with Crippen molar-refractivity contribution in [3.63, 3.8) is 0 Å². The first kappa shape index (κ1) is 23.2. The summed E-state index contributed by atoms with van der Waals surface area (Å²) < 4.78 is 20.6. The molecule has 1 aliphatic rings. The van der Waals surface area contributed by atoms with Crippen molar-refractivity contribution in [1.82, 2.24) is 30.2 Å². The van der Waals surface area contributed by atoms with Crippen molar-refractivity contribution in [2.24, 2.45) is 0 Å². The van der Waals surface area contributed by atoms with Crippen molar-refractivity contribution in [1.29, 1.82) is 0 Å². The molecule has 1 amide bonds. The Hall–Kier alpha value is -4.21. The van der Waals surface area contributed by atoms with Gasteiger partial charge in [-0.25, -0.2) is 9.37 Å². The van der Waals surface area contributed by atoms with E-state index in [1.807, 2.05) is 18.2 Å². The van der Waals surface area contributed by atoms with Gasteiger partial charge in [0.2, 0.25) is 0 Å². The second-order valence-electron chi connectivity index (χ2n) is 8.97. The topological polar surface area (TPSA) is 96.0 Å². The van der Waals surface area contributed by atoms with Crippen LogP contribution >= 0.6 is 0 Å². The van der Waals surface area contributed by atoms with Crippen molar-refractivity contribution in [2.75, 3.05) is 39.4 Å². The average molecular weight is 497 g/mol. The maximum absolute atomic E-state index is 15.2. The minimum atomic E-state index is -0.434. The number of halogens is 1. The van der Waals surface area contributed by atoms with E-state index < -0.39 is 5.82 Å². The largest absolute Gasteiger partial charge is 0.379 e. The van der Waals surface area contributed by atoms with Gasteiger partial charge < -0.3 is 15.0 Å². The van der Waals surface area contributed by atoms with E-state index in [2.05, 4.69) is 30.2 Å². The number of nitrogens with zero attached hydrogens (tertiary/aromatic N) is 4. The summed E-state index contributed by atoms with van der Waals surface area (Å²) in [5.74, 6) is -0.588. The number of fused-ring (bicyclic) bond motifs is 3. The molecule has 37 heavy (non-hydrogen) atoms. The fourth-order valence-corrected chi connectivity index (χ4v) is 4.73. The van der Waals surface area contributed by atoms with Crippen molar-refractivity contribution >= 4 is 27.8 Å². The number of aromatic nitrogens is 4. The van der Waals surface area contributed by atoms with Crippen molar-refractivity contribution in [3.8, 4) is 22.4 Å².